The number of hydrogen-bond acceptors (Lipinski definition) is 3. The average Bonchev–Trinajstić information content (AvgIpc) is 3.45. The highest BCUT2D eigenvalue weighted by atomic mass is 32.1. The first kappa shape index (κ1) is 24.5. The van der Waals surface area contributed by atoms with Crippen LogP contribution in [0, 0.1) is 0 Å². The summed E-state index contributed by atoms with van der Waals surface area (Å²) < 4.78 is 2.46. The van der Waals surface area contributed by atoms with Crippen LogP contribution in [0.1, 0.15) is 0 Å². The Hall–Kier alpha value is -5.25. The minimum Gasteiger partial charge on any atom is -0.294 e. The van der Waals surface area contributed by atoms with E-state index < -0.39 is 0 Å². The fraction of sp³-hybridized carbons (Fsp3) is 0. The van der Waals surface area contributed by atoms with Gasteiger partial charge < -0.3 is 0 Å². The zero-order chi connectivity index (χ0) is 27.9. The van der Waals surface area contributed by atoms with Gasteiger partial charge in [0.2, 0.25) is 0 Å². The van der Waals surface area contributed by atoms with E-state index in [9.17, 15) is 0 Å². The molecule has 8 rings (SSSR count). The molecule has 6 aromatic carbocycles. The summed E-state index contributed by atoms with van der Waals surface area (Å²) in [7, 11) is 0. The molecule has 3 heteroatoms. The van der Waals surface area contributed by atoms with Gasteiger partial charge in [-0.05, 0) is 75.5 Å². The largest absolute Gasteiger partial charge is 0.294 e. The lowest BCUT2D eigenvalue weighted by atomic mass is 10.0. The minimum atomic E-state index is 0.944. The van der Waals surface area contributed by atoms with Crippen LogP contribution >= 0.6 is 11.3 Å². The molecule has 0 fully saturated rings. The van der Waals surface area contributed by atoms with Crippen LogP contribution in [0.4, 0.5) is 17.2 Å². The molecule has 0 saturated heterocycles. The van der Waals surface area contributed by atoms with Crippen molar-refractivity contribution in [3.63, 3.8) is 0 Å². The predicted molar refractivity (Wildman–Crippen MR) is 180 cm³/mol. The molecule has 0 aliphatic carbocycles. The smallest absolute Gasteiger partial charge is 0.155 e. The van der Waals surface area contributed by atoms with Gasteiger partial charge in [-0.15, -0.1) is 11.3 Å². The Balaban J connectivity index is 1.26. The molecule has 0 N–H and O–H groups in total. The Morgan fingerprint density at radius 1 is 0.452 bits per heavy atom. The van der Waals surface area contributed by atoms with Crippen LogP contribution in [0.15, 0.2) is 158 Å². The Morgan fingerprint density at radius 2 is 1.05 bits per heavy atom. The first-order valence-electron chi connectivity index (χ1n) is 14.1. The Morgan fingerprint density at radius 3 is 1.81 bits per heavy atom. The number of benzene rings is 6. The maximum atomic E-state index is 4.99. The molecule has 198 valence electrons. The number of thiophene rings is 1. The van der Waals surface area contributed by atoms with Gasteiger partial charge >= 0.3 is 0 Å². The Labute approximate surface area is 248 Å². The van der Waals surface area contributed by atoms with Gasteiger partial charge in [-0.1, -0.05) is 109 Å². The fourth-order valence-corrected chi connectivity index (χ4v) is 6.97. The molecule has 2 aromatic heterocycles. The molecular weight excluding hydrogens is 529 g/mol. The van der Waals surface area contributed by atoms with Crippen molar-refractivity contribution < 1.29 is 0 Å². The lowest BCUT2D eigenvalue weighted by Gasteiger charge is -2.25. The van der Waals surface area contributed by atoms with Crippen molar-refractivity contribution in [1.29, 1.82) is 0 Å². The summed E-state index contributed by atoms with van der Waals surface area (Å²) in [6.45, 7) is 0. The fourth-order valence-electron chi connectivity index (χ4n) is 5.80. The second kappa shape index (κ2) is 10.3. The Bertz CT molecular complexity index is 2180. The van der Waals surface area contributed by atoms with Crippen molar-refractivity contribution in [1.82, 2.24) is 4.98 Å². The summed E-state index contributed by atoms with van der Waals surface area (Å²) in [5.74, 6) is 0.944. The first-order chi connectivity index (χ1) is 20.8. The molecule has 0 amide bonds. The molecule has 0 saturated carbocycles. The van der Waals surface area contributed by atoms with E-state index in [4.69, 9.17) is 4.98 Å². The van der Waals surface area contributed by atoms with Crippen LogP contribution in [0.2, 0.25) is 0 Å². The van der Waals surface area contributed by atoms with Crippen LogP contribution in [-0.2, 0) is 0 Å². The molecular formula is C39H26N2S. The molecule has 2 heterocycles. The third-order valence-electron chi connectivity index (χ3n) is 7.93. The van der Waals surface area contributed by atoms with Crippen LogP contribution in [0.25, 0.3) is 53.2 Å². The minimum absolute atomic E-state index is 0.944. The number of nitrogens with zero attached hydrogens (tertiary/aromatic N) is 2. The van der Waals surface area contributed by atoms with E-state index in [0.717, 1.165) is 17.2 Å². The van der Waals surface area contributed by atoms with Crippen LogP contribution in [0.3, 0.4) is 0 Å². The van der Waals surface area contributed by atoms with E-state index in [-0.39, 0.29) is 0 Å². The third kappa shape index (κ3) is 4.32. The van der Waals surface area contributed by atoms with E-state index in [2.05, 4.69) is 157 Å². The third-order valence-corrected chi connectivity index (χ3v) is 9.11. The van der Waals surface area contributed by atoms with Crippen molar-refractivity contribution in [2.45, 2.75) is 0 Å². The van der Waals surface area contributed by atoms with Crippen molar-refractivity contribution in [2.75, 3.05) is 4.90 Å². The second-order valence-corrected chi connectivity index (χ2v) is 11.5. The maximum Gasteiger partial charge on any atom is 0.155 e. The van der Waals surface area contributed by atoms with Gasteiger partial charge in [-0.2, -0.15) is 0 Å². The van der Waals surface area contributed by atoms with E-state index in [1.807, 2.05) is 6.20 Å². The standard InChI is InChI=1S/C39H26N2S/c1-2-8-27(9-3-1)29-16-20-33(21-17-29)41(39-38-36(24-25-40-39)35-12-6-7-13-37(35)42-38)34-22-18-30(19-23-34)32-15-14-28-10-4-5-11-31(28)26-32/h1-26H. The van der Waals surface area contributed by atoms with Gasteiger partial charge in [0.1, 0.15) is 0 Å². The number of hydrogen-bond donors (Lipinski definition) is 0. The van der Waals surface area contributed by atoms with Gasteiger partial charge in [0, 0.05) is 33.0 Å². The number of pyridine rings is 1. The summed E-state index contributed by atoms with van der Waals surface area (Å²) in [6, 6.07) is 54.1. The van der Waals surface area contributed by atoms with Crippen molar-refractivity contribution in [3.05, 3.63) is 158 Å². The molecule has 0 atom stereocenters. The van der Waals surface area contributed by atoms with Crippen LogP contribution in [0.5, 0.6) is 0 Å². The van der Waals surface area contributed by atoms with Gasteiger partial charge in [0.05, 0.1) is 4.70 Å². The van der Waals surface area contributed by atoms with Crippen molar-refractivity contribution in [2.24, 2.45) is 0 Å². The van der Waals surface area contributed by atoms with Gasteiger partial charge in [-0.25, -0.2) is 4.98 Å². The van der Waals surface area contributed by atoms with Crippen LogP contribution in [-0.4, -0.2) is 4.98 Å². The Kier molecular flexibility index (Phi) is 6.02. The molecule has 0 bridgehead atoms. The molecule has 2 nitrogen and oxygen atoms in total. The van der Waals surface area contributed by atoms with E-state index in [1.165, 1.54) is 53.2 Å². The highest BCUT2D eigenvalue weighted by molar-refractivity contribution is 7.26. The summed E-state index contributed by atoms with van der Waals surface area (Å²) >= 11 is 1.80. The highest BCUT2D eigenvalue weighted by Gasteiger charge is 2.19. The SMILES string of the molecule is c1ccc(-c2ccc(N(c3ccc(-c4ccc5ccccc5c4)cc3)c3nccc4c3sc3ccccc34)cc2)cc1. The lowest BCUT2D eigenvalue weighted by Crippen LogP contribution is -2.11. The van der Waals surface area contributed by atoms with Gasteiger partial charge in [0.25, 0.3) is 0 Å². The molecule has 42 heavy (non-hydrogen) atoms. The van der Waals surface area contributed by atoms with Gasteiger partial charge in [0.15, 0.2) is 5.82 Å². The predicted octanol–water partition coefficient (Wildman–Crippen LogP) is 11.4. The first-order valence-corrected chi connectivity index (χ1v) is 14.9. The molecule has 0 aliphatic heterocycles. The number of aromatic nitrogens is 1. The lowest BCUT2D eigenvalue weighted by molar-refractivity contribution is 1.20. The average molecular weight is 555 g/mol. The molecule has 8 aromatic rings. The van der Waals surface area contributed by atoms with Crippen molar-refractivity contribution >= 4 is 59.5 Å². The van der Waals surface area contributed by atoms with E-state index in [0.29, 0.717) is 0 Å². The topological polar surface area (TPSA) is 16.1 Å². The molecule has 0 aliphatic rings. The zero-order valence-electron chi connectivity index (χ0n) is 22.8. The zero-order valence-corrected chi connectivity index (χ0v) is 23.6. The number of rotatable bonds is 5. The summed E-state index contributed by atoms with van der Waals surface area (Å²) in [4.78, 5) is 7.28. The molecule has 0 unspecified atom stereocenters. The van der Waals surface area contributed by atoms with Gasteiger partial charge in [-0.3, -0.25) is 4.90 Å². The van der Waals surface area contributed by atoms with Crippen LogP contribution < -0.4 is 4.90 Å². The maximum absolute atomic E-state index is 4.99. The number of anilines is 3. The van der Waals surface area contributed by atoms with Crippen molar-refractivity contribution in [3.8, 4) is 22.3 Å². The monoisotopic (exact) mass is 554 g/mol. The second-order valence-electron chi connectivity index (χ2n) is 10.5. The van der Waals surface area contributed by atoms with E-state index >= 15 is 0 Å². The summed E-state index contributed by atoms with van der Waals surface area (Å²) in [5, 5.41) is 5.01. The van der Waals surface area contributed by atoms with E-state index in [1.54, 1.807) is 11.3 Å². The number of fused-ring (bicyclic) bond motifs is 4. The summed E-state index contributed by atoms with van der Waals surface area (Å²) in [6.07, 6.45) is 1.94. The molecule has 0 radical (unpaired) electrons. The quantitative estimate of drug-likeness (QED) is 0.210. The highest BCUT2D eigenvalue weighted by Crippen LogP contribution is 2.44. The molecule has 0 spiro atoms. The summed E-state index contributed by atoms with van der Waals surface area (Å²) in [5.41, 5.74) is 6.95. The normalized spacial score (nSPS) is 11.3.